The Labute approximate surface area is 146 Å². The number of aromatic amines is 1. The molecule has 0 unspecified atom stereocenters. The highest BCUT2D eigenvalue weighted by atomic mass is 16.2. The van der Waals surface area contributed by atoms with Gasteiger partial charge in [-0.05, 0) is 31.2 Å². The number of nitrogens with one attached hydrogen (secondary N) is 2. The average Bonchev–Trinajstić information content (AvgIpc) is 3.03. The van der Waals surface area contributed by atoms with Crippen LogP contribution in [0.1, 0.15) is 16.3 Å². The van der Waals surface area contributed by atoms with Crippen molar-refractivity contribution in [3.8, 4) is 11.3 Å². The highest BCUT2D eigenvalue weighted by Gasteiger charge is 2.09. The third kappa shape index (κ3) is 2.93. The van der Waals surface area contributed by atoms with E-state index in [0.717, 1.165) is 17.3 Å². The van der Waals surface area contributed by atoms with Gasteiger partial charge in [0, 0.05) is 17.3 Å². The van der Waals surface area contributed by atoms with Crippen LogP contribution >= 0.6 is 0 Å². The Morgan fingerprint density at radius 2 is 1.92 bits per heavy atom. The summed E-state index contributed by atoms with van der Waals surface area (Å²) in [6.45, 7) is 1.83. The first-order chi connectivity index (χ1) is 12.6. The number of rotatable bonds is 3. The molecule has 2 N–H and O–H groups in total. The molecule has 128 valence electrons. The number of hydrogen-bond acceptors (Lipinski definition) is 6. The largest absolute Gasteiger partial charge is 0.321 e. The van der Waals surface area contributed by atoms with Gasteiger partial charge in [0.15, 0.2) is 11.5 Å². The Kier molecular flexibility index (Phi) is 3.73. The van der Waals surface area contributed by atoms with Crippen LogP contribution in [-0.2, 0) is 0 Å². The van der Waals surface area contributed by atoms with Crippen LogP contribution in [0.3, 0.4) is 0 Å². The minimum Gasteiger partial charge on any atom is -0.321 e. The monoisotopic (exact) mass is 347 g/mol. The molecular weight excluding hydrogens is 334 g/mol. The Bertz CT molecular complexity index is 1160. The van der Waals surface area contributed by atoms with Gasteiger partial charge < -0.3 is 10.3 Å². The fraction of sp³-hybridized carbons (Fsp3) is 0.0588. The van der Waals surface area contributed by atoms with E-state index in [1.54, 1.807) is 16.6 Å². The van der Waals surface area contributed by atoms with Gasteiger partial charge in [0.2, 0.25) is 0 Å². The van der Waals surface area contributed by atoms with Gasteiger partial charge in [0.25, 0.3) is 11.5 Å². The molecule has 0 fully saturated rings. The van der Waals surface area contributed by atoms with Crippen LogP contribution in [0, 0.1) is 6.92 Å². The summed E-state index contributed by atoms with van der Waals surface area (Å²) < 4.78 is 1.67. The van der Waals surface area contributed by atoms with Gasteiger partial charge in [-0.15, -0.1) is 10.2 Å². The van der Waals surface area contributed by atoms with Gasteiger partial charge in [-0.1, -0.05) is 12.1 Å². The predicted octanol–water partition coefficient (Wildman–Crippen LogP) is 1.44. The molecule has 4 rings (SSSR count). The minimum atomic E-state index is -0.455. The quantitative estimate of drug-likeness (QED) is 0.579. The average molecular weight is 347 g/mol. The van der Waals surface area contributed by atoms with Crippen LogP contribution in [0.2, 0.25) is 0 Å². The van der Waals surface area contributed by atoms with Crippen molar-refractivity contribution >= 4 is 17.2 Å². The van der Waals surface area contributed by atoms with E-state index < -0.39 is 5.91 Å². The molecular formula is C17H13N7O2. The van der Waals surface area contributed by atoms with E-state index in [0.29, 0.717) is 17.2 Å². The number of nitrogens with zero attached hydrogens (tertiary/aromatic N) is 5. The van der Waals surface area contributed by atoms with E-state index in [-0.39, 0.29) is 11.3 Å². The number of H-pyrrole nitrogens is 1. The summed E-state index contributed by atoms with van der Waals surface area (Å²) in [5.41, 5.74) is 2.57. The molecule has 4 aromatic rings. The summed E-state index contributed by atoms with van der Waals surface area (Å²) >= 11 is 0. The van der Waals surface area contributed by atoms with Crippen molar-refractivity contribution in [1.29, 1.82) is 0 Å². The third-order valence-electron chi connectivity index (χ3n) is 3.77. The van der Waals surface area contributed by atoms with Crippen LogP contribution in [0.5, 0.6) is 0 Å². The number of hydrogen-bond donors (Lipinski definition) is 2. The van der Waals surface area contributed by atoms with E-state index >= 15 is 0 Å². The maximum atomic E-state index is 12.1. The standard InChI is InChI=1S/C17H13N7O2/c1-10-21-22-15-7-6-13(23-24(10)15)11-2-4-12(5-3-11)20-17(26)14-8-16(25)19-9-18-14/h2-9H,1H3,(H,20,26)(H,18,19,25). The number of anilines is 1. The molecule has 9 nitrogen and oxygen atoms in total. The normalized spacial score (nSPS) is 10.8. The van der Waals surface area contributed by atoms with Crippen molar-refractivity contribution in [2.45, 2.75) is 6.92 Å². The molecule has 0 aliphatic heterocycles. The molecule has 0 radical (unpaired) electrons. The summed E-state index contributed by atoms with van der Waals surface area (Å²) in [6.07, 6.45) is 1.19. The molecule has 26 heavy (non-hydrogen) atoms. The maximum Gasteiger partial charge on any atom is 0.274 e. The minimum absolute atomic E-state index is 0.0491. The number of benzene rings is 1. The van der Waals surface area contributed by atoms with Crippen LogP contribution in [-0.4, -0.2) is 35.7 Å². The lowest BCUT2D eigenvalue weighted by Gasteiger charge is -2.06. The smallest absolute Gasteiger partial charge is 0.274 e. The second-order valence-electron chi connectivity index (χ2n) is 5.56. The molecule has 9 heteroatoms. The lowest BCUT2D eigenvalue weighted by Crippen LogP contribution is -2.17. The summed E-state index contributed by atoms with van der Waals surface area (Å²) in [7, 11) is 0. The van der Waals surface area contributed by atoms with E-state index in [1.165, 1.54) is 6.33 Å². The van der Waals surface area contributed by atoms with Crippen molar-refractivity contribution in [2.24, 2.45) is 0 Å². The Hall–Kier alpha value is -3.88. The highest BCUT2D eigenvalue weighted by Crippen LogP contribution is 2.20. The van der Waals surface area contributed by atoms with Crippen LogP contribution in [0.25, 0.3) is 16.9 Å². The van der Waals surface area contributed by atoms with Gasteiger partial charge in [0.1, 0.15) is 5.69 Å². The predicted molar refractivity (Wildman–Crippen MR) is 93.8 cm³/mol. The third-order valence-corrected chi connectivity index (χ3v) is 3.77. The molecule has 1 aromatic carbocycles. The van der Waals surface area contributed by atoms with Crippen molar-refractivity contribution in [3.05, 3.63) is 70.7 Å². The topological polar surface area (TPSA) is 118 Å². The van der Waals surface area contributed by atoms with Gasteiger partial charge >= 0.3 is 0 Å². The van der Waals surface area contributed by atoms with Crippen molar-refractivity contribution < 1.29 is 4.79 Å². The molecule has 0 saturated carbocycles. The van der Waals surface area contributed by atoms with Crippen LogP contribution in [0.4, 0.5) is 5.69 Å². The molecule has 0 bridgehead atoms. The van der Waals surface area contributed by atoms with Crippen LogP contribution < -0.4 is 10.9 Å². The zero-order valence-electron chi connectivity index (χ0n) is 13.7. The summed E-state index contributed by atoms with van der Waals surface area (Å²) in [4.78, 5) is 29.6. The lowest BCUT2D eigenvalue weighted by atomic mass is 10.1. The number of amides is 1. The number of fused-ring (bicyclic) bond motifs is 1. The zero-order chi connectivity index (χ0) is 18.1. The molecule has 0 saturated heterocycles. The molecule has 0 aliphatic carbocycles. The van der Waals surface area contributed by atoms with Gasteiger partial charge in [-0.25, -0.2) is 4.98 Å². The van der Waals surface area contributed by atoms with Crippen LogP contribution in [0.15, 0.2) is 53.6 Å². The number of aromatic nitrogens is 6. The maximum absolute atomic E-state index is 12.1. The van der Waals surface area contributed by atoms with E-state index in [4.69, 9.17) is 0 Å². The number of carbonyl (C=O) groups excluding carboxylic acids is 1. The number of aryl methyl sites for hydroxylation is 1. The second kappa shape index (κ2) is 6.20. The van der Waals surface area contributed by atoms with E-state index in [9.17, 15) is 9.59 Å². The van der Waals surface area contributed by atoms with Gasteiger partial charge in [0.05, 0.1) is 12.0 Å². The molecule has 3 heterocycles. The van der Waals surface area contributed by atoms with Crippen molar-refractivity contribution in [1.82, 2.24) is 29.8 Å². The molecule has 0 aliphatic rings. The Balaban J connectivity index is 1.57. The van der Waals surface area contributed by atoms with E-state index in [2.05, 4.69) is 30.6 Å². The number of carbonyl (C=O) groups is 1. The first-order valence-electron chi connectivity index (χ1n) is 7.76. The second-order valence-corrected chi connectivity index (χ2v) is 5.56. The lowest BCUT2D eigenvalue weighted by molar-refractivity contribution is 0.102. The molecule has 0 spiro atoms. The van der Waals surface area contributed by atoms with Gasteiger partial charge in [-0.3, -0.25) is 9.59 Å². The SMILES string of the molecule is Cc1nnc2ccc(-c3ccc(NC(=O)c4cc(=O)[nH]cn4)cc3)nn12. The Morgan fingerprint density at radius 1 is 1.12 bits per heavy atom. The molecule has 0 atom stereocenters. The van der Waals surface area contributed by atoms with Crippen molar-refractivity contribution in [3.63, 3.8) is 0 Å². The zero-order valence-corrected chi connectivity index (χ0v) is 13.7. The molecule has 1 amide bonds. The van der Waals surface area contributed by atoms with E-state index in [1.807, 2.05) is 31.2 Å². The fourth-order valence-corrected chi connectivity index (χ4v) is 2.46. The first-order valence-corrected chi connectivity index (χ1v) is 7.76. The highest BCUT2D eigenvalue weighted by molar-refractivity contribution is 6.02. The van der Waals surface area contributed by atoms with Gasteiger partial charge in [-0.2, -0.15) is 9.61 Å². The first kappa shape index (κ1) is 15.6. The summed E-state index contributed by atoms with van der Waals surface area (Å²) in [6, 6.07) is 12.0. The Morgan fingerprint density at radius 3 is 2.69 bits per heavy atom. The summed E-state index contributed by atoms with van der Waals surface area (Å²) in [5, 5.41) is 15.2. The molecule has 3 aromatic heterocycles. The van der Waals surface area contributed by atoms with Crippen molar-refractivity contribution in [2.75, 3.05) is 5.32 Å². The fourth-order valence-electron chi connectivity index (χ4n) is 2.46. The summed E-state index contributed by atoms with van der Waals surface area (Å²) in [5.74, 6) is 0.250.